The van der Waals surface area contributed by atoms with Gasteiger partial charge in [0.1, 0.15) is 5.69 Å². The van der Waals surface area contributed by atoms with Crippen LogP contribution in [-0.2, 0) is 4.79 Å². The first-order chi connectivity index (χ1) is 13.2. The van der Waals surface area contributed by atoms with Gasteiger partial charge in [-0.05, 0) is 32.9 Å². The monoisotopic (exact) mass is 403 g/mol. The number of hydrogen-bond acceptors (Lipinski definition) is 8. The highest BCUT2D eigenvalue weighted by molar-refractivity contribution is 8.24. The van der Waals surface area contributed by atoms with Gasteiger partial charge in [0.25, 0.3) is 5.89 Å². The molecule has 0 aliphatic heterocycles. The van der Waals surface area contributed by atoms with Gasteiger partial charge in [-0.1, -0.05) is 17.2 Å². The van der Waals surface area contributed by atoms with E-state index in [4.69, 9.17) is 4.42 Å². The van der Waals surface area contributed by atoms with Crippen molar-refractivity contribution in [3.8, 4) is 22.8 Å². The number of hydrogen-bond donors (Lipinski definition) is 3. The van der Waals surface area contributed by atoms with Crippen LogP contribution in [0.3, 0.4) is 0 Å². The summed E-state index contributed by atoms with van der Waals surface area (Å²) in [5.74, 6) is -0.180. The second kappa shape index (κ2) is 7.66. The molecule has 9 nitrogen and oxygen atoms in total. The predicted octanol–water partition coefficient (Wildman–Crippen LogP) is 3.98. The molecule has 0 unspecified atom stereocenters. The Morgan fingerprint density at radius 1 is 1.18 bits per heavy atom. The second-order valence-corrected chi connectivity index (χ2v) is 9.05. The van der Waals surface area contributed by atoms with E-state index < -0.39 is 10.6 Å². The van der Waals surface area contributed by atoms with Crippen LogP contribution in [-0.4, -0.2) is 40.4 Å². The number of rotatable bonds is 5. The van der Waals surface area contributed by atoms with Crippen molar-refractivity contribution in [2.75, 3.05) is 5.32 Å². The third kappa shape index (κ3) is 4.03. The fourth-order valence-electron chi connectivity index (χ4n) is 2.41. The molecule has 148 valence electrons. The van der Waals surface area contributed by atoms with Crippen LogP contribution in [0.1, 0.15) is 26.5 Å². The van der Waals surface area contributed by atoms with Gasteiger partial charge in [0, 0.05) is 17.7 Å². The number of anilines is 1. The largest absolute Gasteiger partial charge is 0.401 e. The van der Waals surface area contributed by atoms with E-state index in [1.165, 1.54) is 6.92 Å². The molecule has 0 radical (unpaired) electrons. The molecule has 28 heavy (non-hydrogen) atoms. The number of carbonyl (C=O) groups excluding carboxylic acids is 1. The summed E-state index contributed by atoms with van der Waals surface area (Å²) in [7, 11) is -2.84. The second-order valence-electron chi connectivity index (χ2n) is 6.45. The lowest BCUT2D eigenvalue weighted by Gasteiger charge is -2.36. The van der Waals surface area contributed by atoms with E-state index in [0.717, 1.165) is 5.56 Å². The van der Waals surface area contributed by atoms with Crippen molar-refractivity contribution in [3.63, 3.8) is 0 Å². The SMILES string of the molecule is CC(=O)Nc1nnc(-c2nc(-c3ccc(S(O)(O)C(C)C)cc3)cnc2C)o1. The van der Waals surface area contributed by atoms with Crippen LogP contribution in [0, 0.1) is 6.92 Å². The van der Waals surface area contributed by atoms with Crippen LogP contribution in [0.15, 0.2) is 39.8 Å². The summed E-state index contributed by atoms with van der Waals surface area (Å²) in [4.78, 5) is 20.5. The number of benzene rings is 1. The predicted molar refractivity (Wildman–Crippen MR) is 106 cm³/mol. The normalized spacial score (nSPS) is 12.2. The summed E-state index contributed by atoms with van der Waals surface area (Å²) in [5, 5.41) is 9.81. The third-order valence-corrected chi connectivity index (χ3v) is 6.30. The fourth-order valence-corrected chi connectivity index (χ4v) is 3.49. The van der Waals surface area contributed by atoms with E-state index in [0.29, 0.717) is 22.0 Å². The minimum atomic E-state index is -2.84. The minimum absolute atomic E-state index is 0.0163. The van der Waals surface area contributed by atoms with Crippen LogP contribution in [0.4, 0.5) is 6.01 Å². The molecule has 0 spiro atoms. The lowest BCUT2D eigenvalue weighted by Crippen LogP contribution is -2.10. The number of amides is 1. The number of nitrogens with zero attached hydrogens (tertiary/aromatic N) is 4. The Balaban J connectivity index is 1.93. The smallest absolute Gasteiger partial charge is 0.322 e. The highest BCUT2D eigenvalue weighted by Crippen LogP contribution is 2.52. The average Bonchev–Trinajstić information content (AvgIpc) is 3.09. The zero-order chi connectivity index (χ0) is 20.5. The third-order valence-electron chi connectivity index (χ3n) is 4.02. The molecule has 1 amide bonds. The molecule has 0 saturated heterocycles. The molecule has 0 aliphatic carbocycles. The molecular weight excluding hydrogens is 382 g/mol. The first kappa shape index (κ1) is 19.9. The molecule has 0 fully saturated rings. The summed E-state index contributed by atoms with van der Waals surface area (Å²) >= 11 is 0. The Morgan fingerprint density at radius 2 is 1.86 bits per heavy atom. The van der Waals surface area contributed by atoms with Gasteiger partial charge in [-0.15, -0.1) is 5.10 Å². The van der Waals surface area contributed by atoms with Crippen molar-refractivity contribution in [2.45, 2.75) is 37.8 Å². The van der Waals surface area contributed by atoms with Crippen molar-refractivity contribution < 1.29 is 18.3 Å². The number of carbonyl (C=O) groups is 1. The van der Waals surface area contributed by atoms with Crippen LogP contribution >= 0.6 is 10.6 Å². The first-order valence-electron chi connectivity index (χ1n) is 8.51. The van der Waals surface area contributed by atoms with Crippen molar-refractivity contribution in [1.29, 1.82) is 0 Å². The lowest BCUT2D eigenvalue weighted by molar-refractivity contribution is -0.114. The Hall–Kier alpha value is -2.82. The zero-order valence-electron chi connectivity index (χ0n) is 15.9. The fraction of sp³-hybridized carbons (Fsp3) is 0.278. The van der Waals surface area contributed by atoms with E-state index in [9.17, 15) is 13.9 Å². The summed E-state index contributed by atoms with van der Waals surface area (Å²) in [6.45, 7) is 6.63. The lowest BCUT2D eigenvalue weighted by atomic mass is 10.1. The van der Waals surface area contributed by atoms with E-state index >= 15 is 0 Å². The summed E-state index contributed by atoms with van der Waals surface area (Å²) in [6.07, 6.45) is 1.61. The minimum Gasteiger partial charge on any atom is -0.401 e. The summed E-state index contributed by atoms with van der Waals surface area (Å²) < 4.78 is 26.0. The van der Waals surface area contributed by atoms with Gasteiger partial charge in [0.2, 0.25) is 5.91 Å². The Morgan fingerprint density at radius 3 is 2.46 bits per heavy atom. The molecule has 0 saturated carbocycles. The molecule has 3 aromatic rings. The van der Waals surface area contributed by atoms with Crippen molar-refractivity contribution in [1.82, 2.24) is 20.2 Å². The molecule has 2 aromatic heterocycles. The molecule has 1 aromatic carbocycles. The molecular formula is C18H21N5O4S. The topological polar surface area (TPSA) is 134 Å². The quantitative estimate of drug-likeness (QED) is 0.582. The van der Waals surface area contributed by atoms with E-state index in [2.05, 4.69) is 25.5 Å². The van der Waals surface area contributed by atoms with Crippen LogP contribution in [0.5, 0.6) is 0 Å². The molecule has 2 heterocycles. The molecule has 3 N–H and O–H groups in total. The maximum absolute atomic E-state index is 11.1. The number of nitrogens with one attached hydrogen (secondary N) is 1. The number of aromatic nitrogens is 4. The van der Waals surface area contributed by atoms with Gasteiger partial charge in [0.15, 0.2) is 0 Å². The van der Waals surface area contributed by atoms with E-state index in [1.807, 2.05) is 0 Å². The highest BCUT2D eigenvalue weighted by Gasteiger charge is 2.20. The molecule has 0 atom stereocenters. The van der Waals surface area contributed by atoms with Gasteiger partial charge >= 0.3 is 6.01 Å². The Labute approximate surface area is 163 Å². The maximum atomic E-state index is 11.1. The Bertz CT molecular complexity index is 1000. The molecule has 3 rings (SSSR count). The highest BCUT2D eigenvalue weighted by atomic mass is 32.3. The standard InChI is InChI=1S/C18H21N5O4S/c1-10(2)28(25,26)14-7-5-13(6-8-14)15-9-19-11(3)16(21-15)17-22-23-18(27-17)20-12(4)24/h5-10,25-26H,1-4H3,(H,20,23,24). The first-order valence-corrected chi connectivity index (χ1v) is 10.1. The molecule has 0 bridgehead atoms. The van der Waals surface area contributed by atoms with Crippen LogP contribution < -0.4 is 5.32 Å². The van der Waals surface area contributed by atoms with Crippen LogP contribution in [0.25, 0.3) is 22.8 Å². The van der Waals surface area contributed by atoms with Gasteiger partial charge in [-0.2, -0.15) is 10.6 Å². The van der Waals surface area contributed by atoms with Crippen molar-refractivity contribution in [3.05, 3.63) is 36.2 Å². The van der Waals surface area contributed by atoms with Gasteiger partial charge in [-0.25, -0.2) is 4.98 Å². The van der Waals surface area contributed by atoms with Crippen molar-refractivity contribution >= 4 is 22.5 Å². The number of aryl methyl sites for hydroxylation is 1. The average molecular weight is 403 g/mol. The summed E-state index contributed by atoms with van der Waals surface area (Å²) in [6, 6.07) is 6.84. The molecule has 0 aliphatic rings. The molecule has 10 heteroatoms. The van der Waals surface area contributed by atoms with Crippen molar-refractivity contribution in [2.24, 2.45) is 0 Å². The van der Waals surface area contributed by atoms with E-state index in [1.54, 1.807) is 51.2 Å². The van der Waals surface area contributed by atoms with Crippen LogP contribution in [0.2, 0.25) is 0 Å². The zero-order valence-corrected chi connectivity index (χ0v) is 16.7. The summed E-state index contributed by atoms with van der Waals surface area (Å²) in [5.41, 5.74) is 2.30. The Kier molecular flexibility index (Phi) is 5.45. The maximum Gasteiger partial charge on any atom is 0.322 e. The van der Waals surface area contributed by atoms with Gasteiger partial charge in [0.05, 0.1) is 22.5 Å². The van der Waals surface area contributed by atoms with Gasteiger partial charge < -0.3 is 4.42 Å². The van der Waals surface area contributed by atoms with E-state index in [-0.39, 0.29) is 23.1 Å². The van der Waals surface area contributed by atoms with Gasteiger partial charge in [-0.3, -0.25) is 24.2 Å².